The molecule has 0 radical (unpaired) electrons. The van der Waals surface area contributed by atoms with E-state index in [4.69, 9.17) is 26.2 Å². The molecule has 1 saturated carbocycles. The van der Waals surface area contributed by atoms with E-state index in [2.05, 4.69) is 30.3 Å². The standard InChI is InChI=1S/C31H31ClN2O3/c1-3-36-26-16-8-21(9-17-26)20-24-6-5-7-28-29(24)33-34(31(35)23-10-14-25(32)15-11-23)30(28)22-12-18-27(19-13-22)37-4-2/h8-20,28,30H,3-7H2,1-2H3/b24-20+/t28-,30-/m1/s1. The predicted octanol–water partition coefficient (Wildman–Crippen LogP) is 7.57. The topological polar surface area (TPSA) is 51.1 Å². The summed E-state index contributed by atoms with van der Waals surface area (Å²) in [5, 5.41) is 7.27. The highest BCUT2D eigenvalue weighted by atomic mass is 35.5. The second kappa shape index (κ2) is 11.2. The maximum absolute atomic E-state index is 13.7. The van der Waals surface area contributed by atoms with Gasteiger partial charge in [0.25, 0.3) is 5.91 Å². The SMILES string of the molecule is CCOc1ccc(/C=C2\CCC[C@@H]3C2=NN(C(=O)c2ccc(Cl)cc2)[C@@H]3c2ccc(OCC)cc2)cc1. The zero-order valence-electron chi connectivity index (χ0n) is 21.2. The molecule has 0 aromatic heterocycles. The lowest BCUT2D eigenvalue weighted by molar-refractivity contribution is 0.0681. The van der Waals surface area contributed by atoms with Crippen LogP contribution in [0.2, 0.25) is 5.02 Å². The van der Waals surface area contributed by atoms with E-state index in [0.717, 1.165) is 47.6 Å². The van der Waals surface area contributed by atoms with Crippen molar-refractivity contribution in [2.45, 2.75) is 39.2 Å². The molecule has 0 spiro atoms. The van der Waals surface area contributed by atoms with E-state index < -0.39 is 0 Å². The third-order valence-electron chi connectivity index (χ3n) is 6.87. The second-order valence-corrected chi connectivity index (χ2v) is 9.70. The Hall–Kier alpha value is -3.57. The van der Waals surface area contributed by atoms with Crippen LogP contribution in [0.15, 0.2) is 83.5 Å². The van der Waals surface area contributed by atoms with Crippen LogP contribution in [-0.4, -0.2) is 29.8 Å². The van der Waals surface area contributed by atoms with E-state index in [9.17, 15) is 4.79 Å². The number of hydrogen-bond acceptors (Lipinski definition) is 4. The summed E-state index contributed by atoms with van der Waals surface area (Å²) in [5.41, 5.74) is 4.91. The van der Waals surface area contributed by atoms with Crippen molar-refractivity contribution in [2.24, 2.45) is 11.0 Å². The van der Waals surface area contributed by atoms with Gasteiger partial charge in [-0.05, 0) is 104 Å². The average Bonchev–Trinajstić information content (AvgIpc) is 3.31. The van der Waals surface area contributed by atoms with Crippen molar-refractivity contribution in [3.8, 4) is 11.5 Å². The van der Waals surface area contributed by atoms with Gasteiger partial charge in [-0.1, -0.05) is 35.9 Å². The zero-order chi connectivity index (χ0) is 25.8. The van der Waals surface area contributed by atoms with E-state index in [-0.39, 0.29) is 17.9 Å². The summed E-state index contributed by atoms with van der Waals surface area (Å²) in [6.07, 6.45) is 5.15. The Morgan fingerprint density at radius 2 is 1.57 bits per heavy atom. The molecule has 37 heavy (non-hydrogen) atoms. The number of allylic oxidation sites excluding steroid dienone is 1. The van der Waals surface area contributed by atoms with E-state index in [0.29, 0.717) is 23.8 Å². The number of fused-ring (bicyclic) bond motifs is 1. The number of hydrazone groups is 1. The molecule has 3 aromatic carbocycles. The van der Waals surface area contributed by atoms with Crippen LogP contribution in [0.25, 0.3) is 6.08 Å². The summed E-state index contributed by atoms with van der Waals surface area (Å²) >= 11 is 6.08. The summed E-state index contributed by atoms with van der Waals surface area (Å²) in [7, 11) is 0. The summed E-state index contributed by atoms with van der Waals surface area (Å²) < 4.78 is 11.2. The highest BCUT2D eigenvalue weighted by molar-refractivity contribution is 6.30. The lowest BCUT2D eigenvalue weighted by Gasteiger charge is -2.29. The maximum atomic E-state index is 13.7. The molecule has 190 valence electrons. The van der Waals surface area contributed by atoms with Crippen molar-refractivity contribution in [1.82, 2.24) is 5.01 Å². The van der Waals surface area contributed by atoms with E-state index in [1.54, 1.807) is 29.3 Å². The highest BCUT2D eigenvalue weighted by Crippen LogP contribution is 2.45. The Balaban J connectivity index is 1.52. The number of halogens is 1. The van der Waals surface area contributed by atoms with Crippen molar-refractivity contribution in [3.05, 3.63) is 100 Å². The number of hydrogen-bond donors (Lipinski definition) is 0. The number of amides is 1. The number of ether oxygens (including phenoxy) is 2. The average molecular weight is 515 g/mol. The van der Waals surface area contributed by atoms with Gasteiger partial charge in [-0.3, -0.25) is 4.79 Å². The Kier molecular flexibility index (Phi) is 7.61. The first-order valence-electron chi connectivity index (χ1n) is 12.9. The molecular formula is C31H31ClN2O3. The van der Waals surface area contributed by atoms with Crippen LogP contribution < -0.4 is 9.47 Å². The zero-order valence-corrected chi connectivity index (χ0v) is 21.9. The summed E-state index contributed by atoms with van der Waals surface area (Å²) in [5.74, 6) is 1.68. The molecule has 1 aliphatic carbocycles. The molecule has 1 fully saturated rings. The first-order valence-corrected chi connectivity index (χ1v) is 13.3. The molecule has 0 bridgehead atoms. The van der Waals surface area contributed by atoms with Crippen molar-refractivity contribution in [3.63, 3.8) is 0 Å². The quantitative estimate of drug-likeness (QED) is 0.326. The third-order valence-corrected chi connectivity index (χ3v) is 7.12. The first kappa shape index (κ1) is 25.1. The number of carbonyl (C=O) groups is 1. The van der Waals surface area contributed by atoms with Gasteiger partial charge in [0.05, 0.1) is 25.0 Å². The highest BCUT2D eigenvalue weighted by Gasteiger charge is 2.44. The van der Waals surface area contributed by atoms with E-state index >= 15 is 0 Å². The number of carbonyl (C=O) groups excluding carboxylic acids is 1. The van der Waals surface area contributed by atoms with Gasteiger partial charge in [0.15, 0.2) is 0 Å². The Labute approximate surface area is 223 Å². The van der Waals surface area contributed by atoms with Gasteiger partial charge >= 0.3 is 0 Å². The van der Waals surface area contributed by atoms with Crippen LogP contribution in [0.4, 0.5) is 0 Å². The smallest absolute Gasteiger partial charge is 0.274 e. The monoisotopic (exact) mass is 514 g/mol. The minimum absolute atomic E-state index is 0.122. The minimum atomic E-state index is -0.183. The first-order chi connectivity index (χ1) is 18.1. The molecule has 5 rings (SSSR count). The van der Waals surface area contributed by atoms with Crippen LogP contribution in [0.5, 0.6) is 11.5 Å². The van der Waals surface area contributed by atoms with Crippen molar-refractivity contribution in [2.75, 3.05) is 13.2 Å². The fourth-order valence-corrected chi connectivity index (χ4v) is 5.31. The van der Waals surface area contributed by atoms with Gasteiger partial charge in [-0.2, -0.15) is 5.10 Å². The lowest BCUT2D eigenvalue weighted by atomic mass is 9.77. The van der Waals surface area contributed by atoms with Gasteiger partial charge in [0.2, 0.25) is 0 Å². The van der Waals surface area contributed by atoms with Crippen LogP contribution in [-0.2, 0) is 0 Å². The molecule has 0 unspecified atom stereocenters. The fourth-order valence-electron chi connectivity index (χ4n) is 5.18. The summed E-state index contributed by atoms with van der Waals surface area (Å²) in [6.45, 7) is 5.20. The molecule has 1 aliphatic heterocycles. The van der Waals surface area contributed by atoms with Crippen LogP contribution in [0.3, 0.4) is 0 Å². The van der Waals surface area contributed by atoms with Gasteiger partial charge in [-0.15, -0.1) is 0 Å². The molecule has 0 saturated heterocycles. The number of nitrogens with zero attached hydrogens (tertiary/aromatic N) is 2. The van der Waals surface area contributed by atoms with Crippen LogP contribution in [0, 0.1) is 5.92 Å². The Morgan fingerprint density at radius 1 is 0.946 bits per heavy atom. The molecule has 1 heterocycles. The van der Waals surface area contributed by atoms with Crippen LogP contribution in [0.1, 0.15) is 60.6 Å². The summed E-state index contributed by atoms with van der Waals surface area (Å²) in [4.78, 5) is 13.7. The molecule has 0 N–H and O–H groups in total. The van der Waals surface area contributed by atoms with Gasteiger partial charge < -0.3 is 9.47 Å². The predicted molar refractivity (Wildman–Crippen MR) is 148 cm³/mol. The third kappa shape index (κ3) is 5.42. The van der Waals surface area contributed by atoms with Crippen molar-refractivity contribution in [1.29, 1.82) is 0 Å². The molecule has 6 heteroatoms. The van der Waals surface area contributed by atoms with Crippen LogP contribution >= 0.6 is 11.6 Å². The fraction of sp³-hybridized carbons (Fsp3) is 0.290. The number of rotatable bonds is 7. The molecule has 1 amide bonds. The van der Waals surface area contributed by atoms with Gasteiger partial charge in [0.1, 0.15) is 11.5 Å². The largest absolute Gasteiger partial charge is 0.494 e. The normalized spacial score (nSPS) is 19.9. The molecular weight excluding hydrogens is 484 g/mol. The molecule has 3 aromatic rings. The molecule has 5 nitrogen and oxygen atoms in total. The van der Waals surface area contributed by atoms with Crippen molar-refractivity contribution < 1.29 is 14.3 Å². The molecule has 2 aliphatic rings. The van der Waals surface area contributed by atoms with Gasteiger partial charge in [-0.25, -0.2) is 5.01 Å². The second-order valence-electron chi connectivity index (χ2n) is 9.26. The Bertz CT molecular complexity index is 1300. The lowest BCUT2D eigenvalue weighted by Crippen LogP contribution is -2.31. The maximum Gasteiger partial charge on any atom is 0.274 e. The minimum Gasteiger partial charge on any atom is -0.494 e. The summed E-state index contributed by atoms with van der Waals surface area (Å²) in [6, 6.07) is 23.0. The number of benzene rings is 3. The van der Waals surface area contributed by atoms with E-state index in [1.165, 1.54) is 5.57 Å². The molecule has 2 atom stereocenters. The Morgan fingerprint density at radius 3 is 2.19 bits per heavy atom. The van der Waals surface area contributed by atoms with Gasteiger partial charge in [0, 0.05) is 16.5 Å². The van der Waals surface area contributed by atoms with E-state index in [1.807, 2.05) is 38.1 Å². The van der Waals surface area contributed by atoms with Crippen molar-refractivity contribution >= 4 is 29.3 Å².